The van der Waals surface area contributed by atoms with E-state index < -0.39 is 35.5 Å². The van der Waals surface area contributed by atoms with Gasteiger partial charge < -0.3 is 24.8 Å². The van der Waals surface area contributed by atoms with E-state index in [1.807, 2.05) is 11.0 Å². The molecular weight excluding hydrogens is 805 g/mol. The zero-order valence-corrected chi connectivity index (χ0v) is 34.5. The lowest BCUT2D eigenvalue weighted by Crippen LogP contribution is -2.60. The van der Waals surface area contributed by atoms with Gasteiger partial charge in [-0.25, -0.2) is 14.4 Å². The van der Waals surface area contributed by atoms with E-state index in [1.54, 1.807) is 30.6 Å². The number of anilines is 2. The number of amides is 5. The smallest absolute Gasteiger partial charge is 0.289 e. The molecule has 3 aromatic rings. The van der Waals surface area contributed by atoms with Gasteiger partial charge in [0.2, 0.25) is 17.6 Å². The topological polar surface area (TPSA) is 181 Å². The molecule has 0 bridgehead atoms. The summed E-state index contributed by atoms with van der Waals surface area (Å²) in [6, 6.07) is 8.60. The molecule has 1 aliphatic carbocycles. The first kappa shape index (κ1) is 40.7. The molecule has 1 atom stereocenters. The lowest BCUT2D eigenvalue weighted by atomic mass is 9.71. The number of likely N-dealkylation sites (tertiary alicyclic amines) is 1. The van der Waals surface area contributed by atoms with E-state index in [2.05, 4.69) is 30.4 Å². The average Bonchev–Trinajstić information content (AvgIpc) is 3.48. The normalized spacial score (nSPS) is 24.3. The summed E-state index contributed by atoms with van der Waals surface area (Å²) in [5.41, 5.74) is 1.90. The summed E-state index contributed by atoms with van der Waals surface area (Å²) < 4.78 is 21.5. The van der Waals surface area contributed by atoms with Gasteiger partial charge in [0.15, 0.2) is 0 Å². The predicted molar refractivity (Wildman–Crippen MR) is 221 cm³/mol. The molecular formula is C44H47ClFN9O6. The Hall–Kier alpha value is -5.66. The lowest BCUT2D eigenvalue weighted by molar-refractivity contribution is -0.136. The van der Waals surface area contributed by atoms with Crippen molar-refractivity contribution in [2.45, 2.75) is 82.4 Å². The Morgan fingerprint density at radius 3 is 2.26 bits per heavy atom. The molecule has 15 nitrogen and oxygen atoms in total. The summed E-state index contributed by atoms with van der Waals surface area (Å²) in [6.45, 7) is 6.13. The summed E-state index contributed by atoms with van der Waals surface area (Å²) in [7, 11) is 0. The zero-order valence-electron chi connectivity index (χ0n) is 33.7. The van der Waals surface area contributed by atoms with Crippen LogP contribution in [0, 0.1) is 28.5 Å². The number of fused-ring (bicyclic) bond motifs is 1. The summed E-state index contributed by atoms with van der Waals surface area (Å²) >= 11 is 6.15. The molecule has 61 heavy (non-hydrogen) atoms. The van der Waals surface area contributed by atoms with Crippen molar-refractivity contribution in [1.82, 2.24) is 30.4 Å². The predicted octanol–water partition coefficient (Wildman–Crippen LogP) is 4.48. The van der Waals surface area contributed by atoms with E-state index in [0.29, 0.717) is 35.3 Å². The third-order valence-corrected chi connectivity index (χ3v) is 13.8. The fourth-order valence-electron chi connectivity index (χ4n) is 9.94. The van der Waals surface area contributed by atoms with Gasteiger partial charge in [0.1, 0.15) is 23.7 Å². The van der Waals surface area contributed by atoms with Crippen molar-refractivity contribution in [2.24, 2.45) is 11.3 Å². The van der Waals surface area contributed by atoms with Crippen molar-refractivity contribution >= 4 is 52.5 Å². The first-order chi connectivity index (χ1) is 29.5. The maximum atomic E-state index is 15.5. The maximum absolute atomic E-state index is 15.5. The largest absolute Gasteiger partial charge is 0.490 e. The first-order valence-corrected chi connectivity index (χ1v) is 21.6. The van der Waals surface area contributed by atoms with Crippen LogP contribution in [0.1, 0.15) is 101 Å². The number of carbonyl (C=O) groups is 5. The molecule has 1 unspecified atom stereocenters. The van der Waals surface area contributed by atoms with Crippen LogP contribution in [0.4, 0.5) is 15.8 Å². The molecule has 2 N–H and O–H groups in total. The van der Waals surface area contributed by atoms with Crippen molar-refractivity contribution < 1.29 is 33.1 Å². The van der Waals surface area contributed by atoms with Crippen LogP contribution in [0.3, 0.4) is 0 Å². The van der Waals surface area contributed by atoms with Crippen molar-refractivity contribution in [2.75, 3.05) is 55.6 Å². The van der Waals surface area contributed by atoms with Crippen molar-refractivity contribution in [1.29, 1.82) is 5.26 Å². The standard InChI is InChI=1S/C44H47ClFN9O6/c45-34-17-31(4-1-27(34)20-47)61-30-5-2-28(3-6-30)50-41(58)39-48-21-29(22-49-39)54-24-44(25-54)11-15-52(16-12-44)23-26-9-13-53(14-10-26)37-19-33-32(18-35(37)46)42(59)55(43(33)60)36-7-8-38(56)51-40(36)57/h1,4,17-19,21-22,26,28,30,36H,2-3,5-16,23-25H2,(H,50,58)(H,51,56,57). The Morgan fingerprint density at radius 1 is 0.918 bits per heavy atom. The van der Waals surface area contributed by atoms with Gasteiger partial charge in [-0.1, -0.05) is 11.6 Å². The Balaban J connectivity index is 0.692. The van der Waals surface area contributed by atoms with Crippen LogP contribution in [-0.4, -0.2) is 113 Å². The number of hydrogen-bond donors (Lipinski definition) is 2. The van der Waals surface area contributed by atoms with E-state index >= 15 is 4.39 Å². The fourth-order valence-corrected chi connectivity index (χ4v) is 10.2. The third kappa shape index (κ3) is 8.25. The molecule has 4 saturated heterocycles. The van der Waals surface area contributed by atoms with Gasteiger partial charge in [-0.3, -0.25) is 34.2 Å². The highest BCUT2D eigenvalue weighted by atomic mass is 35.5. The monoisotopic (exact) mass is 851 g/mol. The number of imide groups is 2. The lowest BCUT2D eigenvalue weighted by Gasteiger charge is -2.55. The molecule has 9 rings (SSSR count). The molecule has 1 aromatic heterocycles. The molecule has 5 aliphatic heterocycles. The first-order valence-electron chi connectivity index (χ1n) is 21.2. The van der Waals surface area contributed by atoms with Crippen molar-refractivity contribution in [3.05, 3.63) is 76.1 Å². The number of nitriles is 1. The molecule has 2 aromatic carbocycles. The number of hydrogen-bond acceptors (Lipinski definition) is 12. The Bertz CT molecular complexity index is 2290. The fraction of sp³-hybridized carbons (Fsp3) is 0.500. The van der Waals surface area contributed by atoms with Crippen LogP contribution in [-0.2, 0) is 9.59 Å². The van der Waals surface area contributed by atoms with Gasteiger partial charge in [0.25, 0.3) is 17.7 Å². The van der Waals surface area contributed by atoms with E-state index in [1.165, 1.54) is 6.07 Å². The second-order valence-corrected chi connectivity index (χ2v) is 17.9. The molecule has 5 amide bonds. The highest BCUT2D eigenvalue weighted by molar-refractivity contribution is 6.31. The number of aromatic nitrogens is 2. The molecule has 6 heterocycles. The van der Waals surface area contributed by atoms with E-state index in [4.69, 9.17) is 21.6 Å². The highest BCUT2D eigenvalue weighted by Gasteiger charge is 2.47. The minimum absolute atomic E-state index is 0.0107. The van der Waals surface area contributed by atoms with E-state index in [0.717, 1.165) is 101 Å². The SMILES string of the molecule is N#Cc1ccc(OC2CCC(NC(=O)c3ncc(N4CC5(CCN(CC6CCN(c7cc8c(cc7F)C(=O)N(C7CCC(=O)NC7=O)C8=O)CC6)CC5)C4)cn3)CC2)cc1Cl. The number of nitrogens with one attached hydrogen (secondary N) is 2. The molecule has 318 valence electrons. The van der Waals surface area contributed by atoms with Crippen molar-refractivity contribution in [3.63, 3.8) is 0 Å². The molecule has 17 heteroatoms. The van der Waals surface area contributed by atoms with E-state index in [9.17, 15) is 24.0 Å². The van der Waals surface area contributed by atoms with Gasteiger partial charge in [-0.2, -0.15) is 5.26 Å². The number of piperidine rings is 3. The molecule has 1 saturated carbocycles. The van der Waals surface area contributed by atoms with Crippen LogP contribution in [0.15, 0.2) is 42.7 Å². The second kappa shape index (κ2) is 16.7. The van der Waals surface area contributed by atoms with Crippen LogP contribution in [0.2, 0.25) is 5.02 Å². The van der Waals surface area contributed by atoms with Crippen LogP contribution < -0.4 is 25.2 Å². The van der Waals surface area contributed by atoms with Crippen molar-refractivity contribution in [3.8, 4) is 11.8 Å². The minimum Gasteiger partial charge on any atom is -0.490 e. The number of benzene rings is 2. The zero-order chi connectivity index (χ0) is 42.4. The van der Waals surface area contributed by atoms with Crippen LogP contribution >= 0.6 is 11.6 Å². The third-order valence-electron chi connectivity index (χ3n) is 13.5. The number of carbonyl (C=O) groups excluding carboxylic acids is 5. The number of nitrogens with zero attached hydrogens (tertiary/aromatic N) is 7. The molecule has 6 aliphatic rings. The van der Waals surface area contributed by atoms with Gasteiger partial charge in [-0.05, 0) is 101 Å². The number of halogens is 2. The summed E-state index contributed by atoms with van der Waals surface area (Å²) in [6.07, 6.45) is 10.6. The van der Waals surface area contributed by atoms with Gasteiger partial charge in [0, 0.05) is 56.7 Å². The van der Waals surface area contributed by atoms with E-state index in [-0.39, 0.29) is 58.9 Å². The Morgan fingerprint density at radius 2 is 1.61 bits per heavy atom. The van der Waals surface area contributed by atoms with Gasteiger partial charge in [-0.15, -0.1) is 0 Å². The molecule has 0 radical (unpaired) electrons. The highest BCUT2D eigenvalue weighted by Crippen LogP contribution is 2.43. The maximum Gasteiger partial charge on any atom is 0.289 e. The number of rotatable bonds is 9. The van der Waals surface area contributed by atoms with Gasteiger partial charge in [0.05, 0.1) is 51.6 Å². The summed E-state index contributed by atoms with van der Waals surface area (Å²) in [5.74, 6) is -2.09. The second-order valence-electron chi connectivity index (χ2n) is 17.5. The van der Waals surface area contributed by atoms with Crippen LogP contribution in [0.5, 0.6) is 5.75 Å². The summed E-state index contributed by atoms with van der Waals surface area (Å²) in [5, 5.41) is 14.7. The minimum atomic E-state index is -1.09. The van der Waals surface area contributed by atoms with Crippen LogP contribution in [0.25, 0.3) is 0 Å². The Kier molecular flexibility index (Phi) is 11.1. The average molecular weight is 852 g/mol. The summed E-state index contributed by atoms with van der Waals surface area (Å²) in [4.78, 5) is 80.0. The molecule has 1 spiro atoms. The molecule has 5 fully saturated rings. The van der Waals surface area contributed by atoms with Gasteiger partial charge >= 0.3 is 0 Å². The Labute approximate surface area is 357 Å². The number of ether oxygens (including phenoxy) is 1. The quantitative estimate of drug-likeness (QED) is 0.289.